The molecule has 0 spiro atoms. The number of thiophene rings is 1. The van der Waals surface area contributed by atoms with Crippen molar-refractivity contribution in [3.8, 4) is 5.69 Å². The topological polar surface area (TPSA) is 73.1 Å². The quantitative estimate of drug-likeness (QED) is 0.542. The van der Waals surface area contributed by atoms with E-state index in [-0.39, 0.29) is 21.6 Å². The average molecular weight is 427 g/mol. The average Bonchev–Trinajstić information content (AvgIpc) is 3.20. The first-order chi connectivity index (χ1) is 14.4. The molecule has 0 fully saturated rings. The predicted octanol–water partition coefficient (Wildman–Crippen LogP) is 3.44. The Morgan fingerprint density at radius 2 is 1.83 bits per heavy atom. The van der Waals surface area contributed by atoms with Gasteiger partial charge in [0.25, 0.3) is 5.56 Å². The fourth-order valence-electron chi connectivity index (χ4n) is 3.13. The lowest BCUT2D eigenvalue weighted by molar-refractivity contribution is -0.116. The number of para-hydroxylation sites is 1. The van der Waals surface area contributed by atoms with E-state index >= 15 is 0 Å². The van der Waals surface area contributed by atoms with E-state index in [0.717, 1.165) is 20.5 Å². The van der Waals surface area contributed by atoms with Gasteiger partial charge in [-0.25, -0.2) is 18.1 Å². The second-order valence-corrected chi connectivity index (χ2v) is 7.52. The molecule has 30 heavy (non-hydrogen) atoms. The summed E-state index contributed by atoms with van der Waals surface area (Å²) in [5.41, 5.74) is -0.549. The van der Waals surface area contributed by atoms with E-state index in [1.165, 1.54) is 43.3 Å². The molecule has 2 aromatic heterocycles. The number of carbonyl (C=O) groups is 1. The minimum atomic E-state index is -0.749. The van der Waals surface area contributed by atoms with Crippen LogP contribution in [0.3, 0.4) is 0 Å². The van der Waals surface area contributed by atoms with E-state index in [0.29, 0.717) is 5.52 Å². The van der Waals surface area contributed by atoms with Crippen molar-refractivity contribution in [2.75, 3.05) is 5.32 Å². The molecule has 0 saturated heterocycles. The zero-order valence-electron chi connectivity index (χ0n) is 15.7. The molecule has 0 aliphatic heterocycles. The van der Waals surface area contributed by atoms with Crippen LogP contribution in [0.25, 0.3) is 15.9 Å². The van der Waals surface area contributed by atoms with Gasteiger partial charge in [0, 0.05) is 0 Å². The van der Waals surface area contributed by atoms with E-state index in [9.17, 15) is 23.2 Å². The summed E-state index contributed by atoms with van der Waals surface area (Å²) in [5.74, 6) is -1.70. The van der Waals surface area contributed by atoms with Crippen molar-refractivity contribution in [1.29, 1.82) is 0 Å². The standard InChI is InChI=1S/C21H15F2N3O3S/c1-12-10-13(6-7-14(12)22)26-20(28)19-17(8-9-30-19)25(21(26)29)11-18(27)24-16-5-3-2-4-15(16)23/h2-10H,11H2,1H3,(H,24,27). The first kappa shape index (κ1) is 19.7. The van der Waals surface area contributed by atoms with Crippen molar-refractivity contribution in [3.63, 3.8) is 0 Å². The number of rotatable bonds is 4. The van der Waals surface area contributed by atoms with E-state index < -0.39 is 35.3 Å². The fourth-order valence-corrected chi connectivity index (χ4v) is 3.96. The molecule has 6 nitrogen and oxygen atoms in total. The van der Waals surface area contributed by atoms with Gasteiger partial charge in [-0.2, -0.15) is 0 Å². The zero-order valence-corrected chi connectivity index (χ0v) is 16.5. The van der Waals surface area contributed by atoms with Gasteiger partial charge in [0.15, 0.2) is 0 Å². The van der Waals surface area contributed by atoms with Gasteiger partial charge in [-0.3, -0.25) is 14.2 Å². The molecule has 0 saturated carbocycles. The molecule has 0 bridgehead atoms. The lowest BCUT2D eigenvalue weighted by Gasteiger charge is -2.13. The smallest absolute Gasteiger partial charge is 0.322 e. The van der Waals surface area contributed by atoms with Crippen molar-refractivity contribution in [2.45, 2.75) is 13.5 Å². The molecule has 0 aliphatic rings. The number of hydrogen-bond donors (Lipinski definition) is 1. The number of fused-ring (bicyclic) bond motifs is 1. The minimum absolute atomic E-state index is 0.0143. The first-order valence-corrected chi connectivity index (χ1v) is 9.79. The van der Waals surface area contributed by atoms with Crippen LogP contribution in [0, 0.1) is 18.6 Å². The zero-order chi connectivity index (χ0) is 21.4. The molecule has 9 heteroatoms. The number of benzene rings is 2. The van der Waals surface area contributed by atoms with Gasteiger partial charge in [0.05, 0.1) is 16.9 Å². The number of nitrogens with one attached hydrogen (secondary N) is 1. The summed E-state index contributed by atoms with van der Waals surface area (Å²) in [6.45, 7) is 1.09. The van der Waals surface area contributed by atoms with Crippen LogP contribution in [-0.4, -0.2) is 15.0 Å². The van der Waals surface area contributed by atoms with Crippen LogP contribution >= 0.6 is 11.3 Å². The summed E-state index contributed by atoms with van der Waals surface area (Å²) in [7, 11) is 0. The summed E-state index contributed by atoms with van der Waals surface area (Å²) >= 11 is 1.13. The van der Waals surface area contributed by atoms with Crippen LogP contribution in [0.1, 0.15) is 5.56 Å². The third-order valence-electron chi connectivity index (χ3n) is 4.60. The van der Waals surface area contributed by atoms with Gasteiger partial charge >= 0.3 is 5.69 Å². The van der Waals surface area contributed by atoms with E-state index in [1.54, 1.807) is 17.5 Å². The van der Waals surface area contributed by atoms with E-state index in [1.807, 2.05) is 0 Å². The third kappa shape index (κ3) is 3.43. The molecule has 0 radical (unpaired) electrons. The van der Waals surface area contributed by atoms with Gasteiger partial charge in [0.1, 0.15) is 22.9 Å². The highest BCUT2D eigenvalue weighted by Gasteiger charge is 2.18. The number of amides is 1. The van der Waals surface area contributed by atoms with Crippen LogP contribution in [-0.2, 0) is 11.3 Å². The molecular formula is C21H15F2N3O3S. The Morgan fingerprint density at radius 1 is 1.07 bits per heavy atom. The van der Waals surface area contributed by atoms with E-state index in [2.05, 4.69) is 5.32 Å². The number of anilines is 1. The molecular weight excluding hydrogens is 412 g/mol. The molecule has 152 valence electrons. The molecule has 4 rings (SSSR count). The van der Waals surface area contributed by atoms with Crippen molar-refractivity contribution >= 4 is 33.1 Å². The Bertz CT molecular complexity index is 1400. The Labute approximate surface area is 172 Å². The van der Waals surface area contributed by atoms with Gasteiger partial charge in [-0.15, -0.1) is 11.3 Å². The van der Waals surface area contributed by atoms with Crippen LogP contribution in [0.5, 0.6) is 0 Å². The number of halogens is 2. The molecule has 0 aliphatic carbocycles. The summed E-state index contributed by atoms with van der Waals surface area (Å²) in [5, 5.41) is 4.06. The maximum atomic E-state index is 13.8. The van der Waals surface area contributed by atoms with Gasteiger partial charge < -0.3 is 5.32 Å². The number of aromatic nitrogens is 2. The molecule has 2 heterocycles. The van der Waals surface area contributed by atoms with Crippen molar-refractivity contribution in [1.82, 2.24) is 9.13 Å². The first-order valence-electron chi connectivity index (χ1n) is 8.91. The second kappa shape index (κ2) is 7.68. The normalized spacial score (nSPS) is 11.0. The molecule has 4 aromatic rings. The van der Waals surface area contributed by atoms with Crippen molar-refractivity contribution in [2.24, 2.45) is 0 Å². The minimum Gasteiger partial charge on any atom is -0.322 e. The predicted molar refractivity (Wildman–Crippen MR) is 111 cm³/mol. The number of nitrogens with zero attached hydrogens (tertiary/aromatic N) is 2. The van der Waals surface area contributed by atoms with Crippen LogP contribution < -0.4 is 16.6 Å². The fraction of sp³-hybridized carbons (Fsp3) is 0.0952. The monoisotopic (exact) mass is 427 g/mol. The van der Waals surface area contributed by atoms with Gasteiger partial charge in [-0.1, -0.05) is 12.1 Å². The van der Waals surface area contributed by atoms with E-state index in [4.69, 9.17) is 0 Å². The van der Waals surface area contributed by atoms with Gasteiger partial charge in [0.2, 0.25) is 5.91 Å². The number of hydrogen-bond acceptors (Lipinski definition) is 4. The maximum Gasteiger partial charge on any atom is 0.336 e. The highest BCUT2D eigenvalue weighted by molar-refractivity contribution is 7.17. The largest absolute Gasteiger partial charge is 0.336 e. The van der Waals surface area contributed by atoms with Crippen LogP contribution in [0.15, 0.2) is 63.5 Å². The maximum absolute atomic E-state index is 13.8. The van der Waals surface area contributed by atoms with Crippen molar-refractivity contribution in [3.05, 3.63) is 91.9 Å². The highest BCUT2D eigenvalue weighted by Crippen LogP contribution is 2.18. The Balaban J connectivity index is 1.82. The van der Waals surface area contributed by atoms with Gasteiger partial charge in [-0.05, 0) is 54.3 Å². The van der Waals surface area contributed by atoms with Crippen LogP contribution in [0.4, 0.5) is 14.5 Å². The Morgan fingerprint density at radius 3 is 2.57 bits per heavy atom. The summed E-state index contributed by atoms with van der Waals surface area (Å²) < 4.78 is 29.8. The summed E-state index contributed by atoms with van der Waals surface area (Å²) in [4.78, 5) is 38.5. The third-order valence-corrected chi connectivity index (χ3v) is 5.50. The SMILES string of the molecule is Cc1cc(-n2c(=O)c3sccc3n(CC(=O)Nc3ccccc3F)c2=O)ccc1F. The number of carbonyl (C=O) groups excluding carboxylic acids is 1. The lowest BCUT2D eigenvalue weighted by Crippen LogP contribution is -2.40. The molecule has 0 unspecified atom stereocenters. The molecule has 0 atom stereocenters. The molecule has 1 N–H and O–H groups in total. The lowest BCUT2D eigenvalue weighted by atomic mass is 10.2. The molecule has 1 amide bonds. The Kier molecular flexibility index (Phi) is 5.04. The van der Waals surface area contributed by atoms with Crippen molar-refractivity contribution < 1.29 is 13.6 Å². The summed E-state index contributed by atoms with van der Waals surface area (Å²) in [6.07, 6.45) is 0. The molecule has 2 aromatic carbocycles. The summed E-state index contributed by atoms with van der Waals surface area (Å²) in [6, 6.07) is 11.1. The second-order valence-electron chi connectivity index (χ2n) is 6.61. The number of aryl methyl sites for hydroxylation is 1. The Hall–Kier alpha value is -3.59. The highest BCUT2D eigenvalue weighted by atomic mass is 32.1. The van der Waals surface area contributed by atoms with Crippen LogP contribution in [0.2, 0.25) is 0 Å².